The molecule has 0 saturated heterocycles. The molecule has 2 rings (SSSR count). The van der Waals surface area contributed by atoms with Crippen LogP contribution in [0.25, 0.3) is 0 Å². The maximum absolute atomic E-state index is 11.6. The van der Waals surface area contributed by atoms with Crippen molar-refractivity contribution in [1.29, 1.82) is 0 Å². The van der Waals surface area contributed by atoms with Crippen LogP contribution in [0.5, 0.6) is 5.75 Å². The van der Waals surface area contributed by atoms with Crippen LogP contribution >= 0.6 is 0 Å². The predicted molar refractivity (Wildman–Crippen MR) is 82.4 cm³/mol. The summed E-state index contributed by atoms with van der Waals surface area (Å²) in [5.74, 6) is -0.435. The van der Waals surface area contributed by atoms with E-state index in [1.807, 2.05) is 4.98 Å². The molecule has 2 aromatic rings. The molecule has 1 amide bonds. The van der Waals surface area contributed by atoms with Crippen LogP contribution in [-0.4, -0.2) is 39.0 Å². The molecule has 0 unspecified atom stereocenters. The number of anilines is 1. The number of carbonyl (C=O) groups is 1. The van der Waals surface area contributed by atoms with Crippen LogP contribution in [0.1, 0.15) is 12.0 Å². The molecule has 1 heterocycles. The third-order valence-electron chi connectivity index (χ3n) is 2.69. The standard InChI is InChI=1S/C13H14N6O4/c20-9-4-2-1-3-8(9)7-15-17-10(21)5-6-14-11-12(22)16-13(23)19-18-11/h1-4,7,20H,5-6H2,(H,14,18)(H,17,21)(H2,16,19,22,23)/b15-7+. The zero-order chi connectivity index (χ0) is 16.7. The molecule has 1 aromatic heterocycles. The van der Waals surface area contributed by atoms with Gasteiger partial charge in [0.2, 0.25) is 11.7 Å². The molecule has 0 radical (unpaired) electrons. The number of carbonyl (C=O) groups excluding carboxylic acids is 1. The van der Waals surface area contributed by atoms with Gasteiger partial charge < -0.3 is 10.4 Å². The van der Waals surface area contributed by atoms with Crippen LogP contribution in [-0.2, 0) is 4.79 Å². The lowest BCUT2D eigenvalue weighted by Crippen LogP contribution is -2.28. The van der Waals surface area contributed by atoms with Crippen molar-refractivity contribution >= 4 is 17.9 Å². The Labute approximate surface area is 129 Å². The average molecular weight is 318 g/mol. The number of H-pyrrole nitrogens is 2. The number of nitrogens with one attached hydrogen (secondary N) is 4. The molecule has 0 aliphatic carbocycles. The van der Waals surface area contributed by atoms with Gasteiger partial charge in [0.1, 0.15) is 5.75 Å². The van der Waals surface area contributed by atoms with Crippen LogP contribution in [0.4, 0.5) is 5.82 Å². The SMILES string of the molecule is O=C(CCNc1n[nH]c(=O)[nH]c1=O)N/N=C/c1ccccc1O. The molecule has 0 atom stereocenters. The molecule has 0 spiro atoms. The van der Waals surface area contributed by atoms with Crippen molar-refractivity contribution in [3.8, 4) is 5.75 Å². The summed E-state index contributed by atoms with van der Waals surface area (Å²) in [5.41, 5.74) is 1.37. The molecule has 120 valence electrons. The first kappa shape index (κ1) is 15.9. The topological polar surface area (TPSA) is 152 Å². The van der Waals surface area contributed by atoms with E-state index in [-0.39, 0.29) is 24.5 Å². The Morgan fingerprint density at radius 2 is 2.13 bits per heavy atom. The minimum Gasteiger partial charge on any atom is -0.507 e. The van der Waals surface area contributed by atoms with Gasteiger partial charge in [-0.1, -0.05) is 12.1 Å². The molecule has 1 aromatic carbocycles. The van der Waals surface area contributed by atoms with E-state index in [2.05, 4.69) is 26.0 Å². The van der Waals surface area contributed by atoms with E-state index < -0.39 is 17.2 Å². The Hall–Kier alpha value is -3.43. The van der Waals surface area contributed by atoms with Gasteiger partial charge in [-0.3, -0.25) is 14.6 Å². The summed E-state index contributed by atoms with van der Waals surface area (Å²) in [6.45, 7) is 0.125. The third-order valence-corrected chi connectivity index (χ3v) is 2.69. The van der Waals surface area contributed by atoms with Gasteiger partial charge in [-0.15, -0.1) is 5.10 Å². The van der Waals surface area contributed by atoms with Crippen LogP contribution in [0.3, 0.4) is 0 Å². The fourth-order valence-corrected chi connectivity index (χ4v) is 1.59. The summed E-state index contributed by atoms with van der Waals surface area (Å²) >= 11 is 0. The molecule has 23 heavy (non-hydrogen) atoms. The van der Waals surface area contributed by atoms with Gasteiger partial charge in [0.15, 0.2) is 0 Å². The van der Waals surface area contributed by atoms with Gasteiger partial charge >= 0.3 is 5.69 Å². The number of aromatic nitrogens is 3. The third kappa shape index (κ3) is 4.81. The van der Waals surface area contributed by atoms with Crippen molar-refractivity contribution in [3.63, 3.8) is 0 Å². The highest BCUT2D eigenvalue weighted by Crippen LogP contribution is 2.12. The van der Waals surface area contributed by atoms with E-state index in [1.54, 1.807) is 18.2 Å². The van der Waals surface area contributed by atoms with E-state index >= 15 is 0 Å². The zero-order valence-corrected chi connectivity index (χ0v) is 11.9. The second-order valence-corrected chi connectivity index (χ2v) is 4.38. The molecular weight excluding hydrogens is 304 g/mol. The van der Waals surface area contributed by atoms with Crippen molar-refractivity contribution in [2.75, 3.05) is 11.9 Å². The molecule has 0 saturated carbocycles. The van der Waals surface area contributed by atoms with Gasteiger partial charge in [-0.2, -0.15) is 5.10 Å². The predicted octanol–water partition coefficient (Wildman–Crippen LogP) is -0.884. The Balaban J connectivity index is 1.78. The van der Waals surface area contributed by atoms with Crippen LogP contribution < -0.4 is 22.0 Å². The first-order valence-electron chi connectivity index (χ1n) is 6.59. The van der Waals surface area contributed by atoms with E-state index in [9.17, 15) is 19.5 Å². The summed E-state index contributed by atoms with van der Waals surface area (Å²) < 4.78 is 0. The number of phenols is 1. The Morgan fingerprint density at radius 1 is 1.35 bits per heavy atom. The summed E-state index contributed by atoms with van der Waals surface area (Å²) in [5, 5.41) is 21.4. The highest BCUT2D eigenvalue weighted by molar-refractivity contribution is 5.85. The number of aromatic hydroxyl groups is 1. The number of hydrogen-bond donors (Lipinski definition) is 5. The molecular formula is C13H14N6O4. The number of aromatic amines is 2. The Morgan fingerprint density at radius 3 is 2.87 bits per heavy atom. The van der Waals surface area contributed by atoms with Crippen LogP contribution in [0, 0.1) is 0 Å². The summed E-state index contributed by atoms with van der Waals surface area (Å²) in [6.07, 6.45) is 1.34. The highest BCUT2D eigenvalue weighted by Gasteiger charge is 2.03. The van der Waals surface area contributed by atoms with Crippen molar-refractivity contribution < 1.29 is 9.90 Å². The van der Waals surface area contributed by atoms with Crippen LogP contribution in [0.15, 0.2) is 39.0 Å². The number of rotatable bonds is 6. The molecule has 10 nitrogen and oxygen atoms in total. The first-order chi connectivity index (χ1) is 11.1. The van der Waals surface area contributed by atoms with Gasteiger partial charge in [0.25, 0.3) is 5.56 Å². The Bertz CT molecular complexity index is 825. The zero-order valence-electron chi connectivity index (χ0n) is 11.9. The summed E-state index contributed by atoms with van der Waals surface area (Å²) in [7, 11) is 0. The normalized spacial score (nSPS) is 10.6. The summed E-state index contributed by atoms with van der Waals surface area (Å²) in [4.78, 5) is 35.7. The molecule has 0 fully saturated rings. The van der Waals surface area contributed by atoms with E-state index in [0.717, 1.165) is 0 Å². The highest BCUT2D eigenvalue weighted by atomic mass is 16.3. The molecule has 10 heteroatoms. The molecule has 0 aliphatic heterocycles. The van der Waals surface area contributed by atoms with Gasteiger partial charge in [0.05, 0.1) is 6.21 Å². The lowest BCUT2D eigenvalue weighted by Gasteiger charge is -2.03. The number of amides is 1. The second-order valence-electron chi connectivity index (χ2n) is 4.38. The largest absolute Gasteiger partial charge is 0.507 e. The van der Waals surface area contributed by atoms with Crippen LogP contribution in [0.2, 0.25) is 0 Å². The first-order valence-corrected chi connectivity index (χ1v) is 6.59. The quantitative estimate of drug-likeness (QED) is 0.344. The number of nitrogens with zero attached hydrogens (tertiary/aromatic N) is 2. The lowest BCUT2D eigenvalue weighted by atomic mass is 10.2. The van der Waals surface area contributed by atoms with Crippen molar-refractivity contribution in [2.45, 2.75) is 6.42 Å². The minimum atomic E-state index is -0.711. The van der Waals surface area contributed by atoms with Gasteiger partial charge in [-0.25, -0.2) is 15.3 Å². The molecule has 0 aliphatic rings. The maximum atomic E-state index is 11.6. The number of hydrogen-bond acceptors (Lipinski definition) is 7. The molecule has 0 bridgehead atoms. The van der Waals surface area contributed by atoms with E-state index in [1.165, 1.54) is 12.3 Å². The van der Waals surface area contributed by atoms with E-state index in [0.29, 0.717) is 5.56 Å². The number of para-hydroxylation sites is 1. The maximum Gasteiger partial charge on any atom is 0.342 e. The van der Waals surface area contributed by atoms with Crippen molar-refractivity contribution in [1.82, 2.24) is 20.6 Å². The fraction of sp³-hybridized carbons (Fsp3) is 0.154. The number of hydrazone groups is 1. The number of benzene rings is 1. The smallest absolute Gasteiger partial charge is 0.342 e. The van der Waals surface area contributed by atoms with Gasteiger partial charge in [-0.05, 0) is 12.1 Å². The van der Waals surface area contributed by atoms with E-state index in [4.69, 9.17) is 0 Å². The average Bonchev–Trinajstić information content (AvgIpc) is 2.51. The summed E-state index contributed by atoms with van der Waals surface area (Å²) in [6, 6.07) is 6.54. The minimum absolute atomic E-state index is 0.0261. The number of phenolic OH excluding ortho intramolecular Hbond substituents is 1. The fourth-order valence-electron chi connectivity index (χ4n) is 1.59. The van der Waals surface area contributed by atoms with Crippen molar-refractivity contribution in [3.05, 3.63) is 50.7 Å². The Kier molecular flexibility index (Phi) is 5.23. The van der Waals surface area contributed by atoms with Crippen molar-refractivity contribution in [2.24, 2.45) is 5.10 Å². The second kappa shape index (κ2) is 7.54. The van der Waals surface area contributed by atoms with Gasteiger partial charge in [0, 0.05) is 18.5 Å². The lowest BCUT2D eigenvalue weighted by molar-refractivity contribution is -0.120. The molecule has 5 N–H and O–H groups in total. The monoisotopic (exact) mass is 318 g/mol.